The van der Waals surface area contributed by atoms with Gasteiger partial charge >= 0.3 is 5.97 Å². The van der Waals surface area contributed by atoms with E-state index in [4.69, 9.17) is 16.7 Å². The number of carboxylic acids is 1. The molecule has 5 nitrogen and oxygen atoms in total. The molecule has 0 radical (unpaired) electrons. The Balaban J connectivity index is 2.13. The van der Waals surface area contributed by atoms with Crippen LogP contribution in [0.15, 0.2) is 24.3 Å². The van der Waals surface area contributed by atoms with Gasteiger partial charge in [-0.15, -0.1) is 0 Å². The molecule has 1 aromatic rings. The van der Waals surface area contributed by atoms with Crippen LogP contribution in [0.25, 0.3) is 0 Å². The Morgan fingerprint density at radius 3 is 3.00 bits per heavy atom. The monoisotopic (exact) mass is 268 g/mol. The minimum atomic E-state index is -0.933. The molecular weight excluding hydrogens is 256 g/mol. The molecule has 0 aromatic heterocycles. The molecule has 1 amide bonds. The van der Waals surface area contributed by atoms with Gasteiger partial charge in [0.05, 0.1) is 6.54 Å². The number of hydrogen-bond donors (Lipinski definition) is 2. The van der Waals surface area contributed by atoms with Gasteiger partial charge in [0.1, 0.15) is 6.04 Å². The highest BCUT2D eigenvalue weighted by molar-refractivity contribution is 6.30. The summed E-state index contributed by atoms with van der Waals surface area (Å²) in [5, 5.41) is 12.3. The number of amides is 1. The highest BCUT2D eigenvalue weighted by Gasteiger charge is 2.31. The maximum Gasteiger partial charge on any atom is 0.322 e. The molecule has 1 unspecified atom stereocenters. The third-order valence-electron chi connectivity index (χ3n) is 2.84. The first-order valence-corrected chi connectivity index (χ1v) is 5.92. The van der Waals surface area contributed by atoms with Crippen molar-refractivity contribution in [1.29, 1.82) is 0 Å². The Morgan fingerprint density at radius 1 is 1.56 bits per heavy atom. The lowest BCUT2D eigenvalue weighted by Gasteiger charge is -2.32. The van der Waals surface area contributed by atoms with Gasteiger partial charge < -0.3 is 10.4 Å². The molecular formula is C12H13ClN2O3. The summed E-state index contributed by atoms with van der Waals surface area (Å²) in [6.07, 6.45) is 0. The molecule has 0 bridgehead atoms. The Kier molecular flexibility index (Phi) is 3.84. The van der Waals surface area contributed by atoms with Crippen molar-refractivity contribution in [2.45, 2.75) is 12.6 Å². The van der Waals surface area contributed by atoms with Gasteiger partial charge in [-0.2, -0.15) is 0 Å². The Labute approximate surface area is 109 Å². The first kappa shape index (κ1) is 12.9. The Hall–Kier alpha value is -1.59. The smallest absolute Gasteiger partial charge is 0.322 e. The number of carboxylic acid groups (broad SMARTS) is 1. The van der Waals surface area contributed by atoms with Crippen molar-refractivity contribution in [2.75, 3.05) is 13.1 Å². The Bertz CT molecular complexity index is 478. The average Bonchev–Trinajstić information content (AvgIpc) is 2.28. The maximum absolute atomic E-state index is 11.3. The SMILES string of the molecule is O=C1CN(Cc2cccc(Cl)c2)C(C(=O)O)CN1. The van der Waals surface area contributed by atoms with Gasteiger partial charge in [0, 0.05) is 18.1 Å². The van der Waals surface area contributed by atoms with Crippen molar-refractivity contribution in [3.63, 3.8) is 0 Å². The van der Waals surface area contributed by atoms with Gasteiger partial charge in [-0.3, -0.25) is 14.5 Å². The van der Waals surface area contributed by atoms with Gasteiger partial charge in [-0.25, -0.2) is 0 Å². The van der Waals surface area contributed by atoms with Gasteiger partial charge in [0.15, 0.2) is 0 Å². The number of halogens is 1. The summed E-state index contributed by atoms with van der Waals surface area (Å²) in [7, 11) is 0. The first-order chi connectivity index (χ1) is 8.56. The highest BCUT2D eigenvalue weighted by atomic mass is 35.5. The lowest BCUT2D eigenvalue weighted by atomic mass is 10.1. The highest BCUT2D eigenvalue weighted by Crippen LogP contribution is 2.15. The third-order valence-corrected chi connectivity index (χ3v) is 3.07. The zero-order valence-corrected chi connectivity index (χ0v) is 10.4. The predicted octanol–water partition coefficient (Wildman–Crippen LogP) is 0.725. The first-order valence-electron chi connectivity index (χ1n) is 5.54. The maximum atomic E-state index is 11.3. The van der Waals surface area contributed by atoms with Crippen LogP contribution in [0.5, 0.6) is 0 Å². The molecule has 1 aromatic carbocycles. The number of rotatable bonds is 3. The zero-order chi connectivity index (χ0) is 13.1. The summed E-state index contributed by atoms with van der Waals surface area (Å²) in [6, 6.07) is 6.49. The molecule has 1 saturated heterocycles. The second-order valence-corrected chi connectivity index (χ2v) is 4.63. The topological polar surface area (TPSA) is 69.6 Å². The lowest BCUT2D eigenvalue weighted by Crippen LogP contribution is -2.56. The molecule has 2 N–H and O–H groups in total. The lowest BCUT2D eigenvalue weighted by molar-refractivity contribution is -0.146. The van der Waals surface area contributed by atoms with Crippen LogP contribution < -0.4 is 5.32 Å². The van der Waals surface area contributed by atoms with E-state index in [1.807, 2.05) is 6.07 Å². The van der Waals surface area contributed by atoms with Crippen LogP contribution in [0.1, 0.15) is 5.56 Å². The van der Waals surface area contributed by atoms with E-state index in [0.717, 1.165) is 5.56 Å². The minimum absolute atomic E-state index is 0.0868. The van der Waals surface area contributed by atoms with Crippen molar-refractivity contribution in [2.24, 2.45) is 0 Å². The van der Waals surface area contributed by atoms with Crippen LogP contribution in [0.3, 0.4) is 0 Å². The van der Waals surface area contributed by atoms with Gasteiger partial charge in [0.2, 0.25) is 5.91 Å². The van der Waals surface area contributed by atoms with Crippen molar-refractivity contribution < 1.29 is 14.7 Å². The molecule has 1 heterocycles. The molecule has 2 rings (SSSR count). The average molecular weight is 269 g/mol. The number of aliphatic carboxylic acids is 1. The summed E-state index contributed by atoms with van der Waals surface area (Å²) in [4.78, 5) is 24.1. The molecule has 96 valence electrons. The van der Waals surface area contributed by atoms with Gasteiger partial charge in [-0.05, 0) is 17.7 Å². The van der Waals surface area contributed by atoms with Crippen LogP contribution in [-0.2, 0) is 16.1 Å². The third kappa shape index (κ3) is 3.00. The van der Waals surface area contributed by atoms with Crippen LogP contribution in [0.2, 0.25) is 5.02 Å². The minimum Gasteiger partial charge on any atom is -0.480 e. The summed E-state index contributed by atoms with van der Waals surface area (Å²) < 4.78 is 0. The fourth-order valence-corrected chi connectivity index (χ4v) is 2.18. The van der Waals surface area contributed by atoms with E-state index in [1.165, 1.54) is 0 Å². The molecule has 1 aliphatic heterocycles. The normalized spacial score (nSPS) is 20.5. The van der Waals surface area contributed by atoms with E-state index in [-0.39, 0.29) is 19.0 Å². The zero-order valence-electron chi connectivity index (χ0n) is 9.60. The second-order valence-electron chi connectivity index (χ2n) is 4.19. The van der Waals surface area contributed by atoms with E-state index in [9.17, 15) is 9.59 Å². The predicted molar refractivity (Wildman–Crippen MR) is 66.3 cm³/mol. The van der Waals surface area contributed by atoms with Crippen LogP contribution in [0.4, 0.5) is 0 Å². The summed E-state index contributed by atoms with van der Waals surface area (Å²) in [5.41, 5.74) is 0.892. The van der Waals surface area contributed by atoms with E-state index < -0.39 is 12.0 Å². The summed E-state index contributed by atoms with van der Waals surface area (Å²) >= 11 is 5.88. The molecule has 18 heavy (non-hydrogen) atoms. The van der Waals surface area contributed by atoms with Crippen LogP contribution >= 0.6 is 11.6 Å². The van der Waals surface area contributed by atoms with E-state index in [1.54, 1.807) is 23.1 Å². The molecule has 0 aliphatic carbocycles. The van der Waals surface area contributed by atoms with E-state index in [2.05, 4.69) is 5.32 Å². The molecule has 1 fully saturated rings. The van der Waals surface area contributed by atoms with Crippen molar-refractivity contribution >= 4 is 23.5 Å². The number of piperazine rings is 1. The van der Waals surface area contributed by atoms with Gasteiger partial charge in [0.25, 0.3) is 0 Å². The fraction of sp³-hybridized carbons (Fsp3) is 0.333. The molecule has 1 atom stereocenters. The number of carbonyl (C=O) groups is 2. The molecule has 0 spiro atoms. The Morgan fingerprint density at radius 2 is 2.33 bits per heavy atom. The van der Waals surface area contributed by atoms with Crippen molar-refractivity contribution in [3.05, 3.63) is 34.9 Å². The van der Waals surface area contributed by atoms with Crippen LogP contribution in [0, 0.1) is 0 Å². The largest absolute Gasteiger partial charge is 0.480 e. The molecule has 6 heteroatoms. The summed E-state index contributed by atoms with van der Waals surface area (Å²) in [5.74, 6) is -1.09. The van der Waals surface area contributed by atoms with Crippen molar-refractivity contribution in [1.82, 2.24) is 10.2 Å². The van der Waals surface area contributed by atoms with Crippen LogP contribution in [-0.4, -0.2) is 41.0 Å². The number of nitrogens with one attached hydrogen (secondary N) is 1. The summed E-state index contributed by atoms with van der Waals surface area (Å²) in [6.45, 7) is 0.614. The molecule has 1 aliphatic rings. The second kappa shape index (κ2) is 5.37. The number of benzene rings is 1. The van der Waals surface area contributed by atoms with Crippen molar-refractivity contribution in [3.8, 4) is 0 Å². The quantitative estimate of drug-likeness (QED) is 0.848. The fourth-order valence-electron chi connectivity index (χ4n) is 1.97. The van der Waals surface area contributed by atoms with Gasteiger partial charge in [-0.1, -0.05) is 23.7 Å². The number of nitrogens with zero attached hydrogens (tertiary/aromatic N) is 1. The van der Waals surface area contributed by atoms with E-state index in [0.29, 0.717) is 11.6 Å². The van der Waals surface area contributed by atoms with E-state index >= 15 is 0 Å². The number of carbonyl (C=O) groups excluding carboxylic acids is 1. The molecule has 0 saturated carbocycles. The number of hydrogen-bond acceptors (Lipinski definition) is 3. The standard InChI is InChI=1S/C12H13ClN2O3/c13-9-3-1-2-8(4-9)6-15-7-11(16)14-5-10(15)12(17)18/h1-4,10H,5-7H2,(H,14,16)(H,17,18).